The zero-order valence-electron chi connectivity index (χ0n) is 10.1. The van der Waals surface area contributed by atoms with Crippen LogP contribution >= 0.6 is 0 Å². The number of hydrogen-bond donors (Lipinski definition) is 0. The van der Waals surface area contributed by atoms with Crippen LogP contribution < -0.4 is 0 Å². The van der Waals surface area contributed by atoms with E-state index in [1.165, 1.54) is 0 Å². The van der Waals surface area contributed by atoms with E-state index >= 15 is 0 Å². The Kier molecular flexibility index (Phi) is 3.42. The Morgan fingerprint density at radius 3 is 3.06 bits per heavy atom. The molecule has 0 aliphatic heterocycles. The number of aryl methyl sites for hydroxylation is 1. The fraction of sp³-hybridized carbons (Fsp3) is 0.385. The Bertz CT molecular complexity index is 531. The van der Waals surface area contributed by atoms with Crippen molar-refractivity contribution in [2.24, 2.45) is 0 Å². The fourth-order valence-corrected chi connectivity index (χ4v) is 1.76. The third-order valence-corrected chi connectivity index (χ3v) is 2.65. The summed E-state index contributed by atoms with van der Waals surface area (Å²) in [4.78, 5) is 15.7. The van der Waals surface area contributed by atoms with Crippen LogP contribution in [-0.4, -0.2) is 15.4 Å². The Morgan fingerprint density at radius 1 is 1.47 bits per heavy atom. The van der Waals surface area contributed by atoms with Gasteiger partial charge in [-0.05, 0) is 25.5 Å². The summed E-state index contributed by atoms with van der Waals surface area (Å²) >= 11 is 0. The second-order valence-electron chi connectivity index (χ2n) is 3.98. The summed E-state index contributed by atoms with van der Waals surface area (Å²) in [6.07, 6.45) is 3.21. The molecule has 0 saturated heterocycles. The Hall–Kier alpha value is -1.84. The topological polar surface area (TPSA) is 43.6 Å². The molecule has 2 aromatic heterocycles. The van der Waals surface area contributed by atoms with Gasteiger partial charge in [0.25, 0.3) is 0 Å². The van der Waals surface area contributed by atoms with Crippen molar-refractivity contribution in [2.75, 3.05) is 0 Å². The van der Waals surface area contributed by atoms with Gasteiger partial charge in [0.1, 0.15) is 12.3 Å². The number of hydrogen-bond acceptors (Lipinski definition) is 3. The summed E-state index contributed by atoms with van der Waals surface area (Å²) in [5.74, 6) is -0.155. The monoisotopic (exact) mass is 232 g/mol. The molecule has 2 aromatic rings. The number of aromatic nitrogens is 2. The highest BCUT2D eigenvalue weighted by atomic mass is 16.5. The first-order valence-electron chi connectivity index (χ1n) is 5.80. The molecule has 0 N–H and O–H groups in total. The molecule has 0 unspecified atom stereocenters. The Balaban J connectivity index is 2.18. The van der Waals surface area contributed by atoms with Crippen molar-refractivity contribution in [1.29, 1.82) is 0 Å². The summed E-state index contributed by atoms with van der Waals surface area (Å²) in [6.45, 7) is 4.17. The number of pyridine rings is 1. The number of nitrogens with zero attached hydrogens (tertiary/aromatic N) is 2. The molecule has 0 radical (unpaired) electrons. The van der Waals surface area contributed by atoms with E-state index in [1.807, 2.05) is 42.6 Å². The van der Waals surface area contributed by atoms with Gasteiger partial charge >= 0.3 is 5.97 Å². The SMILES string of the molecule is CCCC(=O)OCc1c(C)nc2ccccn12. The number of imidazole rings is 1. The molecule has 90 valence electrons. The highest BCUT2D eigenvalue weighted by Gasteiger charge is 2.10. The molecule has 2 rings (SSSR count). The zero-order chi connectivity index (χ0) is 12.3. The summed E-state index contributed by atoms with van der Waals surface area (Å²) in [5, 5.41) is 0. The molecular weight excluding hydrogens is 216 g/mol. The molecule has 0 aromatic carbocycles. The maximum Gasteiger partial charge on any atom is 0.306 e. The summed E-state index contributed by atoms with van der Waals surface area (Å²) in [7, 11) is 0. The number of fused-ring (bicyclic) bond motifs is 1. The summed E-state index contributed by atoms with van der Waals surface area (Å²) in [6, 6.07) is 5.81. The van der Waals surface area contributed by atoms with Gasteiger partial charge in [-0.2, -0.15) is 0 Å². The zero-order valence-corrected chi connectivity index (χ0v) is 10.1. The second-order valence-corrected chi connectivity index (χ2v) is 3.98. The lowest BCUT2D eigenvalue weighted by Gasteiger charge is -2.04. The largest absolute Gasteiger partial charge is 0.459 e. The molecule has 17 heavy (non-hydrogen) atoms. The average molecular weight is 232 g/mol. The first-order valence-corrected chi connectivity index (χ1v) is 5.80. The van der Waals surface area contributed by atoms with Crippen LogP contribution in [0.15, 0.2) is 24.4 Å². The third-order valence-electron chi connectivity index (χ3n) is 2.65. The molecule has 2 heterocycles. The minimum Gasteiger partial charge on any atom is -0.459 e. The van der Waals surface area contributed by atoms with Crippen LogP contribution in [0.5, 0.6) is 0 Å². The van der Waals surface area contributed by atoms with E-state index in [2.05, 4.69) is 4.98 Å². The van der Waals surface area contributed by atoms with Crippen molar-refractivity contribution in [3.05, 3.63) is 35.8 Å². The number of carbonyl (C=O) groups is 1. The highest BCUT2D eigenvalue weighted by molar-refractivity contribution is 5.69. The number of ether oxygens (including phenoxy) is 1. The van der Waals surface area contributed by atoms with E-state index in [9.17, 15) is 4.79 Å². The van der Waals surface area contributed by atoms with Gasteiger partial charge in [-0.25, -0.2) is 4.98 Å². The predicted molar refractivity (Wildman–Crippen MR) is 64.6 cm³/mol. The minimum atomic E-state index is -0.155. The van der Waals surface area contributed by atoms with Gasteiger partial charge < -0.3 is 9.14 Å². The standard InChI is InChI=1S/C13H16N2O2/c1-3-6-13(16)17-9-11-10(2)14-12-7-4-5-8-15(11)12/h4-5,7-8H,3,6,9H2,1-2H3. The molecule has 0 aliphatic carbocycles. The van der Waals surface area contributed by atoms with E-state index in [4.69, 9.17) is 4.74 Å². The lowest BCUT2D eigenvalue weighted by molar-refractivity contribution is -0.145. The van der Waals surface area contributed by atoms with E-state index in [0.29, 0.717) is 6.42 Å². The van der Waals surface area contributed by atoms with Gasteiger partial charge in [0.2, 0.25) is 0 Å². The second kappa shape index (κ2) is 4.99. The van der Waals surface area contributed by atoms with E-state index in [0.717, 1.165) is 23.5 Å². The molecule has 0 atom stereocenters. The molecular formula is C13H16N2O2. The molecule has 0 spiro atoms. The quantitative estimate of drug-likeness (QED) is 0.761. The summed E-state index contributed by atoms with van der Waals surface area (Å²) in [5.41, 5.74) is 2.72. The van der Waals surface area contributed by atoms with Crippen molar-refractivity contribution in [1.82, 2.24) is 9.38 Å². The smallest absolute Gasteiger partial charge is 0.306 e. The van der Waals surface area contributed by atoms with Gasteiger partial charge in [-0.3, -0.25) is 4.79 Å². The maximum atomic E-state index is 11.3. The number of carbonyl (C=O) groups excluding carboxylic acids is 1. The highest BCUT2D eigenvalue weighted by Crippen LogP contribution is 2.13. The molecule has 0 amide bonds. The van der Waals surface area contributed by atoms with Crippen molar-refractivity contribution in [3.8, 4) is 0 Å². The number of rotatable bonds is 4. The van der Waals surface area contributed by atoms with E-state index in [1.54, 1.807) is 0 Å². The molecule has 0 aliphatic rings. The molecule has 0 bridgehead atoms. The van der Waals surface area contributed by atoms with Crippen LogP contribution in [-0.2, 0) is 16.1 Å². The van der Waals surface area contributed by atoms with Crippen molar-refractivity contribution in [3.63, 3.8) is 0 Å². The minimum absolute atomic E-state index is 0.155. The molecule has 4 heteroatoms. The van der Waals surface area contributed by atoms with Crippen LogP contribution in [0, 0.1) is 6.92 Å². The predicted octanol–water partition coefficient (Wildman–Crippen LogP) is 2.49. The molecule has 0 saturated carbocycles. The lowest BCUT2D eigenvalue weighted by atomic mass is 10.3. The van der Waals surface area contributed by atoms with E-state index < -0.39 is 0 Å². The van der Waals surface area contributed by atoms with Gasteiger partial charge in [-0.1, -0.05) is 13.0 Å². The Labute approximate surface area is 100 Å². The van der Waals surface area contributed by atoms with Crippen molar-refractivity contribution >= 4 is 11.6 Å². The van der Waals surface area contributed by atoms with Gasteiger partial charge in [-0.15, -0.1) is 0 Å². The Morgan fingerprint density at radius 2 is 2.29 bits per heavy atom. The van der Waals surface area contributed by atoms with Crippen LogP contribution in [0.4, 0.5) is 0 Å². The van der Waals surface area contributed by atoms with Gasteiger partial charge in [0.05, 0.1) is 11.4 Å². The summed E-state index contributed by atoms with van der Waals surface area (Å²) < 4.78 is 7.17. The lowest BCUT2D eigenvalue weighted by Crippen LogP contribution is -2.06. The molecule has 0 fully saturated rings. The number of esters is 1. The van der Waals surface area contributed by atoms with Crippen molar-refractivity contribution < 1.29 is 9.53 Å². The fourth-order valence-electron chi connectivity index (χ4n) is 1.76. The van der Waals surface area contributed by atoms with Crippen LogP contribution in [0.2, 0.25) is 0 Å². The first-order chi connectivity index (χ1) is 8.22. The third kappa shape index (κ3) is 2.46. The van der Waals surface area contributed by atoms with Crippen LogP contribution in [0.1, 0.15) is 31.2 Å². The van der Waals surface area contributed by atoms with Crippen molar-refractivity contribution in [2.45, 2.75) is 33.3 Å². The average Bonchev–Trinajstić information content (AvgIpc) is 2.62. The van der Waals surface area contributed by atoms with Gasteiger partial charge in [0.15, 0.2) is 0 Å². The van der Waals surface area contributed by atoms with Gasteiger partial charge in [0, 0.05) is 12.6 Å². The maximum absolute atomic E-state index is 11.3. The molecule has 4 nitrogen and oxygen atoms in total. The van der Waals surface area contributed by atoms with Crippen LogP contribution in [0.25, 0.3) is 5.65 Å². The first kappa shape index (κ1) is 11.6. The van der Waals surface area contributed by atoms with Crippen LogP contribution in [0.3, 0.4) is 0 Å². The van der Waals surface area contributed by atoms with E-state index in [-0.39, 0.29) is 12.6 Å². The normalized spacial score (nSPS) is 10.7.